The normalized spacial score (nSPS) is 10.5. The van der Waals surface area contributed by atoms with E-state index < -0.39 is 0 Å². The van der Waals surface area contributed by atoms with Gasteiger partial charge in [-0.25, -0.2) is 4.39 Å². The van der Waals surface area contributed by atoms with Crippen LogP contribution in [0.4, 0.5) is 15.8 Å². The standard InChI is InChI=1S/C18H16ClFN4S/c1-12-6-7-14(19)8-17(12)23-18(25)22-15-9-21-24(11-15)10-13-4-2-3-5-16(13)20/h2-9,11H,10H2,1H3,(H2,22,23,25). The summed E-state index contributed by atoms with van der Waals surface area (Å²) >= 11 is 11.3. The Kier molecular flexibility index (Phi) is 5.31. The molecule has 2 N–H and O–H groups in total. The van der Waals surface area contributed by atoms with E-state index in [0.717, 1.165) is 11.3 Å². The number of hydrogen-bond donors (Lipinski definition) is 2. The Balaban J connectivity index is 1.64. The zero-order valence-corrected chi connectivity index (χ0v) is 15.0. The molecule has 4 nitrogen and oxygen atoms in total. The molecule has 2 aromatic carbocycles. The van der Waals surface area contributed by atoms with Gasteiger partial charge >= 0.3 is 0 Å². The predicted octanol–water partition coefficient (Wildman–Crippen LogP) is 4.84. The third-order valence-corrected chi connectivity index (χ3v) is 4.07. The van der Waals surface area contributed by atoms with Crippen molar-refractivity contribution >= 4 is 40.3 Å². The molecule has 0 bridgehead atoms. The van der Waals surface area contributed by atoms with E-state index in [1.54, 1.807) is 35.3 Å². The Hall–Kier alpha value is -2.44. The van der Waals surface area contributed by atoms with E-state index >= 15 is 0 Å². The first-order valence-electron chi connectivity index (χ1n) is 7.61. The number of rotatable bonds is 4. The minimum atomic E-state index is -0.249. The van der Waals surface area contributed by atoms with Crippen LogP contribution in [0.15, 0.2) is 54.9 Å². The summed E-state index contributed by atoms with van der Waals surface area (Å²) in [4.78, 5) is 0. The van der Waals surface area contributed by atoms with Crippen molar-refractivity contribution < 1.29 is 4.39 Å². The van der Waals surface area contributed by atoms with E-state index in [1.807, 2.05) is 25.1 Å². The maximum absolute atomic E-state index is 13.7. The molecule has 0 fully saturated rings. The molecule has 0 aliphatic heterocycles. The van der Waals surface area contributed by atoms with Crippen molar-refractivity contribution in [2.45, 2.75) is 13.5 Å². The van der Waals surface area contributed by atoms with Gasteiger partial charge in [-0.05, 0) is 42.9 Å². The lowest BCUT2D eigenvalue weighted by molar-refractivity contribution is 0.585. The van der Waals surface area contributed by atoms with Crippen molar-refractivity contribution in [3.63, 3.8) is 0 Å². The predicted molar refractivity (Wildman–Crippen MR) is 104 cm³/mol. The van der Waals surface area contributed by atoms with Gasteiger partial charge in [0.05, 0.1) is 18.4 Å². The molecule has 0 aliphatic carbocycles. The molecule has 3 rings (SSSR count). The summed E-state index contributed by atoms with van der Waals surface area (Å²) in [6, 6.07) is 12.2. The molecular weight excluding hydrogens is 359 g/mol. The van der Waals surface area contributed by atoms with E-state index in [2.05, 4.69) is 15.7 Å². The first-order chi connectivity index (χ1) is 12.0. The van der Waals surface area contributed by atoms with E-state index in [1.165, 1.54) is 6.07 Å². The topological polar surface area (TPSA) is 41.9 Å². The fraction of sp³-hybridized carbons (Fsp3) is 0.111. The molecule has 0 spiro atoms. The lowest BCUT2D eigenvalue weighted by Crippen LogP contribution is -2.19. The van der Waals surface area contributed by atoms with Crippen LogP contribution in [0.5, 0.6) is 0 Å². The third-order valence-electron chi connectivity index (χ3n) is 3.63. The number of aryl methyl sites for hydroxylation is 1. The lowest BCUT2D eigenvalue weighted by atomic mass is 10.2. The van der Waals surface area contributed by atoms with Gasteiger partial charge in [0, 0.05) is 22.5 Å². The maximum Gasteiger partial charge on any atom is 0.175 e. The third kappa shape index (κ3) is 4.55. The molecule has 0 amide bonds. The number of halogens is 2. The molecule has 0 saturated carbocycles. The minimum absolute atomic E-state index is 0.249. The van der Waals surface area contributed by atoms with Crippen molar-refractivity contribution in [2.75, 3.05) is 10.6 Å². The van der Waals surface area contributed by atoms with Crippen LogP contribution in [0.1, 0.15) is 11.1 Å². The van der Waals surface area contributed by atoms with Crippen LogP contribution in [0, 0.1) is 12.7 Å². The molecule has 1 heterocycles. The first kappa shape index (κ1) is 17.4. The fourth-order valence-corrected chi connectivity index (χ4v) is 2.73. The smallest absolute Gasteiger partial charge is 0.175 e. The molecule has 0 aliphatic rings. The molecule has 25 heavy (non-hydrogen) atoms. The van der Waals surface area contributed by atoms with Gasteiger partial charge in [0.15, 0.2) is 5.11 Å². The second kappa shape index (κ2) is 7.63. The lowest BCUT2D eigenvalue weighted by Gasteiger charge is -2.11. The summed E-state index contributed by atoms with van der Waals surface area (Å²) in [6.45, 7) is 2.32. The number of thiocarbonyl (C=S) groups is 1. The maximum atomic E-state index is 13.7. The van der Waals surface area contributed by atoms with Crippen LogP contribution in [0.25, 0.3) is 0 Å². The molecule has 3 aromatic rings. The van der Waals surface area contributed by atoms with Crippen LogP contribution in [0.3, 0.4) is 0 Å². The molecule has 0 radical (unpaired) electrons. The van der Waals surface area contributed by atoms with Crippen molar-refractivity contribution in [1.29, 1.82) is 0 Å². The highest BCUT2D eigenvalue weighted by molar-refractivity contribution is 7.80. The summed E-state index contributed by atoms with van der Waals surface area (Å²) in [5.74, 6) is -0.249. The van der Waals surface area contributed by atoms with Gasteiger partial charge < -0.3 is 10.6 Å². The second-order valence-corrected chi connectivity index (χ2v) is 6.40. The van der Waals surface area contributed by atoms with Gasteiger partial charge in [0.25, 0.3) is 0 Å². The van der Waals surface area contributed by atoms with Gasteiger partial charge in [0.1, 0.15) is 5.82 Å². The number of hydrogen-bond acceptors (Lipinski definition) is 2. The quantitative estimate of drug-likeness (QED) is 0.641. The van der Waals surface area contributed by atoms with Crippen LogP contribution < -0.4 is 10.6 Å². The number of nitrogens with zero attached hydrogens (tertiary/aromatic N) is 2. The summed E-state index contributed by atoms with van der Waals surface area (Å²) in [5, 5.41) is 11.4. The average Bonchev–Trinajstić information content (AvgIpc) is 3.00. The van der Waals surface area contributed by atoms with Crippen LogP contribution >= 0.6 is 23.8 Å². The van der Waals surface area contributed by atoms with Crippen molar-refractivity contribution in [1.82, 2.24) is 9.78 Å². The zero-order chi connectivity index (χ0) is 17.8. The van der Waals surface area contributed by atoms with Gasteiger partial charge in [0.2, 0.25) is 0 Å². The SMILES string of the molecule is Cc1ccc(Cl)cc1NC(=S)Nc1cnn(Cc2ccccc2F)c1. The summed E-state index contributed by atoms with van der Waals surface area (Å²) in [6.07, 6.45) is 3.41. The highest BCUT2D eigenvalue weighted by atomic mass is 35.5. The van der Waals surface area contributed by atoms with Gasteiger partial charge in [-0.3, -0.25) is 4.68 Å². The van der Waals surface area contributed by atoms with Crippen molar-refractivity contribution in [3.8, 4) is 0 Å². The van der Waals surface area contributed by atoms with Crippen LogP contribution in [-0.4, -0.2) is 14.9 Å². The molecule has 7 heteroatoms. The molecular formula is C18H16ClFN4S. The van der Waals surface area contributed by atoms with E-state index in [9.17, 15) is 4.39 Å². The number of aromatic nitrogens is 2. The first-order valence-corrected chi connectivity index (χ1v) is 8.40. The van der Waals surface area contributed by atoms with Crippen molar-refractivity contribution in [2.24, 2.45) is 0 Å². The Morgan fingerprint density at radius 3 is 2.84 bits per heavy atom. The minimum Gasteiger partial charge on any atom is -0.332 e. The van der Waals surface area contributed by atoms with Gasteiger partial charge in [-0.15, -0.1) is 0 Å². The Bertz CT molecular complexity index is 910. The number of nitrogens with one attached hydrogen (secondary N) is 2. The summed E-state index contributed by atoms with van der Waals surface area (Å²) in [7, 11) is 0. The Labute approximate surface area is 155 Å². The largest absolute Gasteiger partial charge is 0.332 e. The van der Waals surface area contributed by atoms with E-state index in [0.29, 0.717) is 27.9 Å². The molecule has 128 valence electrons. The molecule has 0 unspecified atom stereocenters. The second-order valence-electron chi connectivity index (χ2n) is 5.56. The molecule has 1 aromatic heterocycles. The monoisotopic (exact) mass is 374 g/mol. The fourth-order valence-electron chi connectivity index (χ4n) is 2.33. The highest BCUT2D eigenvalue weighted by Gasteiger charge is 2.06. The Morgan fingerprint density at radius 2 is 2.04 bits per heavy atom. The van der Waals surface area contributed by atoms with Crippen LogP contribution in [-0.2, 0) is 6.54 Å². The molecule has 0 saturated heterocycles. The van der Waals surface area contributed by atoms with Crippen molar-refractivity contribution in [3.05, 3.63) is 76.8 Å². The van der Waals surface area contributed by atoms with E-state index in [4.69, 9.17) is 23.8 Å². The molecule has 0 atom stereocenters. The van der Waals surface area contributed by atoms with Gasteiger partial charge in [-0.1, -0.05) is 35.9 Å². The zero-order valence-electron chi connectivity index (χ0n) is 13.5. The van der Waals surface area contributed by atoms with Gasteiger partial charge in [-0.2, -0.15) is 5.10 Å². The summed E-state index contributed by atoms with van der Waals surface area (Å²) in [5.41, 5.74) is 3.16. The summed E-state index contributed by atoms with van der Waals surface area (Å²) < 4.78 is 15.4. The Morgan fingerprint density at radius 1 is 1.24 bits per heavy atom. The van der Waals surface area contributed by atoms with Crippen LogP contribution in [0.2, 0.25) is 5.02 Å². The van der Waals surface area contributed by atoms with E-state index in [-0.39, 0.29) is 5.82 Å². The number of anilines is 2. The highest BCUT2D eigenvalue weighted by Crippen LogP contribution is 2.20. The number of benzene rings is 2. The average molecular weight is 375 g/mol.